The fraction of sp³-hybridized carbons (Fsp3) is 0.375. The van der Waals surface area contributed by atoms with Gasteiger partial charge >= 0.3 is 5.97 Å². The number of hydrogen-bond acceptors (Lipinski definition) is 3. The summed E-state index contributed by atoms with van der Waals surface area (Å²) in [6, 6.07) is 0.905. The predicted molar refractivity (Wildman–Crippen MR) is 88.3 cm³/mol. The smallest absolute Gasteiger partial charge is 0.341 e. The highest BCUT2D eigenvalue weighted by Crippen LogP contribution is 2.40. The Morgan fingerprint density at radius 1 is 1.29 bits per heavy atom. The zero-order valence-electron chi connectivity index (χ0n) is 12.4. The summed E-state index contributed by atoms with van der Waals surface area (Å²) in [7, 11) is 0. The Morgan fingerprint density at radius 2 is 1.96 bits per heavy atom. The lowest BCUT2D eigenvalue weighted by Crippen LogP contribution is -2.48. The molecule has 1 aliphatic heterocycles. The molecule has 1 aromatic carbocycles. The normalized spacial score (nSPS) is 18.0. The summed E-state index contributed by atoms with van der Waals surface area (Å²) in [6.45, 7) is 0.945. The van der Waals surface area contributed by atoms with Crippen molar-refractivity contribution >= 4 is 38.5 Å². The molecule has 5 nitrogen and oxygen atoms in total. The van der Waals surface area contributed by atoms with Crippen molar-refractivity contribution in [3.63, 3.8) is 0 Å². The van der Waals surface area contributed by atoms with Crippen molar-refractivity contribution in [2.75, 3.05) is 18.0 Å². The first-order valence-electron chi connectivity index (χ1n) is 7.57. The molecule has 0 spiro atoms. The first kappa shape index (κ1) is 15.6. The second kappa shape index (κ2) is 5.27. The van der Waals surface area contributed by atoms with Crippen molar-refractivity contribution in [1.82, 2.24) is 4.57 Å². The number of pyridine rings is 1. The number of benzene rings is 1. The maximum Gasteiger partial charge on any atom is 0.341 e. The van der Waals surface area contributed by atoms with Crippen LogP contribution in [-0.4, -0.2) is 33.6 Å². The maximum atomic E-state index is 15.1. The first-order valence-corrected chi connectivity index (χ1v) is 8.49. The number of aromatic nitrogens is 1. The zero-order valence-corrected chi connectivity index (χ0v) is 14.0. The van der Waals surface area contributed by atoms with E-state index in [0.717, 1.165) is 18.9 Å². The monoisotopic (exact) mass is 398 g/mol. The van der Waals surface area contributed by atoms with Crippen LogP contribution < -0.4 is 10.3 Å². The van der Waals surface area contributed by atoms with E-state index in [9.17, 15) is 19.1 Å². The van der Waals surface area contributed by atoms with Gasteiger partial charge in [-0.1, -0.05) is 15.9 Å². The molecule has 0 radical (unpaired) electrons. The average molecular weight is 399 g/mol. The van der Waals surface area contributed by atoms with Crippen molar-refractivity contribution < 1.29 is 18.7 Å². The SMILES string of the molecule is O=C(O)c1cn(C2CC2)c2c(F)c(N3CC(Br)C3)c(F)cc2c1=O. The van der Waals surface area contributed by atoms with Gasteiger partial charge in [-0.3, -0.25) is 4.79 Å². The third-order valence-corrected chi connectivity index (χ3v) is 5.09. The van der Waals surface area contributed by atoms with Crippen molar-refractivity contribution in [1.29, 1.82) is 0 Å². The second-order valence-electron chi connectivity index (χ2n) is 6.23. The van der Waals surface area contributed by atoms with E-state index in [1.165, 1.54) is 10.8 Å². The van der Waals surface area contributed by atoms with Crippen LogP contribution in [0.1, 0.15) is 29.2 Å². The zero-order chi connectivity index (χ0) is 17.2. The largest absolute Gasteiger partial charge is 0.477 e. The van der Waals surface area contributed by atoms with Crippen molar-refractivity contribution in [2.45, 2.75) is 23.7 Å². The standard InChI is InChI=1S/C16H13BrF2N2O3/c17-7-4-20(5-7)14-11(18)3-9-13(12(14)19)21(8-1-2-8)6-10(15(9)22)16(23)24/h3,6-8H,1-2,4-5H2,(H,23,24). The fourth-order valence-corrected chi connectivity index (χ4v) is 3.82. The predicted octanol–water partition coefficient (Wildman–Crippen LogP) is 2.90. The number of aromatic carboxylic acids is 1. The summed E-state index contributed by atoms with van der Waals surface area (Å²) in [4.78, 5) is 25.4. The van der Waals surface area contributed by atoms with E-state index in [4.69, 9.17) is 0 Å². The van der Waals surface area contributed by atoms with Crippen LogP contribution in [0, 0.1) is 11.6 Å². The minimum atomic E-state index is -1.40. The molecular formula is C16H13BrF2N2O3. The van der Waals surface area contributed by atoms with Gasteiger partial charge in [-0.25, -0.2) is 13.6 Å². The summed E-state index contributed by atoms with van der Waals surface area (Å²) in [6.07, 6.45) is 2.73. The third kappa shape index (κ3) is 2.23. The number of halogens is 3. The molecule has 4 rings (SSSR count). The molecule has 8 heteroatoms. The molecule has 126 valence electrons. The van der Waals surface area contributed by atoms with E-state index >= 15 is 4.39 Å². The summed E-state index contributed by atoms with van der Waals surface area (Å²) in [5.74, 6) is -3.04. The van der Waals surface area contributed by atoms with Crippen LogP contribution in [0.25, 0.3) is 10.9 Å². The Hall–Kier alpha value is -1.96. The molecule has 2 heterocycles. The topological polar surface area (TPSA) is 62.5 Å². The molecule has 1 saturated carbocycles. The van der Waals surface area contributed by atoms with Crippen molar-refractivity contribution in [2.24, 2.45) is 0 Å². The molecule has 1 saturated heterocycles. The van der Waals surface area contributed by atoms with Crippen LogP contribution in [0.2, 0.25) is 0 Å². The highest BCUT2D eigenvalue weighted by Gasteiger charge is 2.33. The summed E-state index contributed by atoms with van der Waals surface area (Å²) >= 11 is 3.37. The van der Waals surface area contributed by atoms with Crippen LogP contribution in [-0.2, 0) is 0 Å². The lowest BCUT2D eigenvalue weighted by Gasteiger charge is -2.38. The number of nitrogens with zero attached hydrogens (tertiary/aromatic N) is 2. The molecule has 0 unspecified atom stereocenters. The molecular weight excluding hydrogens is 386 g/mol. The molecule has 1 N–H and O–H groups in total. The minimum absolute atomic E-state index is 0.0121. The van der Waals surface area contributed by atoms with Crippen LogP contribution >= 0.6 is 15.9 Å². The van der Waals surface area contributed by atoms with Gasteiger partial charge in [0.05, 0.1) is 10.9 Å². The Bertz CT molecular complexity index is 933. The Labute approximate surface area is 143 Å². The fourth-order valence-electron chi connectivity index (χ4n) is 3.12. The lowest BCUT2D eigenvalue weighted by atomic mass is 10.1. The van der Waals surface area contributed by atoms with Gasteiger partial charge in [0.2, 0.25) is 5.43 Å². The van der Waals surface area contributed by atoms with Crippen molar-refractivity contribution in [3.8, 4) is 0 Å². The van der Waals surface area contributed by atoms with Crippen molar-refractivity contribution in [3.05, 3.63) is 39.7 Å². The van der Waals surface area contributed by atoms with E-state index in [1.54, 1.807) is 4.90 Å². The summed E-state index contributed by atoms with van der Waals surface area (Å²) in [5.41, 5.74) is -1.50. The van der Waals surface area contributed by atoms with Crippen LogP contribution in [0.15, 0.2) is 17.1 Å². The first-order chi connectivity index (χ1) is 11.4. The molecule has 0 atom stereocenters. The number of rotatable bonds is 3. The number of hydrogen-bond donors (Lipinski definition) is 1. The average Bonchev–Trinajstić information content (AvgIpc) is 3.30. The van der Waals surface area contributed by atoms with Gasteiger partial charge in [0.1, 0.15) is 17.1 Å². The molecule has 2 fully saturated rings. The van der Waals surface area contributed by atoms with Gasteiger partial charge in [0.15, 0.2) is 5.82 Å². The van der Waals surface area contributed by atoms with E-state index in [2.05, 4.69) is 15.9 Å². The maximum absolute atomic E-state index is 15.1. The third-order valence-electron chi connectivity index (χ3n) is 4.51. The van der Waals surface area contributed by atoms with Crippen LogP contribution in [0.4, 0.5) is 14.5 Å². The number of carboxylic acid groups (broad SMARTS) is 1. The van der Waals surface area contributed by atoms with E-state index in [0.29, 0.717) is 13.1 Å². The molecule has 24 heavy (non-hydrogen) atoms. The van der Waals surface area contributed by atoms with Gasteiger partial charge in [-0.05, 0) is 18.9 Å². The Kier molecular flexibility index (Phi) is 3.42. The van der Waals surface area contributed by atoms with Gasteiger partial charge in [0.25, 0.3) is 0 Å². The molecule has 2 aromatic rings. The second-order valence-corrected chi connectivity index (χ2v) is 7.53. The highest BCUT2D eigenvalue weighted by molar-refractivity contribution is 9.09. The molecule has 0 amide bonds. The summed E-state index contributed by atoms with van der Waals surface area (Å²) < 4.78 is 31.0. The number of fused-ring (bicyclic) bond motifs is 1. The molecule has 1 aromatic heterocycles. The Morgan fingerprint density at radius 3 is 2.50 bits per heavy atom. The number of carboxylic acids is 1. The highest BCUT2D eigenvalue weighted by atomic mass is 79.9. The van der Waals surface area contributed by atoms with E-state index in [-0.39, 0.29) is 27.5 Å². The van der Waals surface area contributed by atoms with Gasteiger partial charge in [-0.15, -0.1) is 0 Å². The number of alkyl halides is 1. The number of anilines is 1. The summed E-state index contributed by atoms with van der Waals surface area (Å²) in [5, 5.41) is 8.97. The van der Waals surface area contributed by atoms with Gasteiger partial charge < -0.3 is 14.6 Å². The Balaban J connectivity index is 2.04. The van der Waals surface area contributed by atoms with E-state index in [1.807, 2.05) is 0 Å². The van der Waals surface area contributed by atoms with Gasteiger partial charge in [0, 0.05) is 30.2 Å². The minimum Gasteiger partial charge on any atom is -0.477 e. The van der Waals surface area contributed by atoms with Crippen LogP contribution in [0.5, 0.6) is 0 Å². The van der Waals surface area contributed by atoms with Crippen LogP contribution in [0.3, 0.4) is 0 Å². The molecule has 2 aliphatic rings. The van der Waals surface area contributed by atoms with Gasteiger partial charge in [-0.2, -0.15) is 0 Å². The molecule has 1 aliphatic carbocycles. The lowest BCUT2D eigenvalue weighted by molar-refractivity contribution is 0.0695. The van der Waals surface area contributed by atoms with E-state index < -0.39 is 28.6 Å². The number of carbonyl (C=O) groups is 1. The molecule has 0 bridgehead atoms. The quantitative estimate of drug-likeness (QED) is 0.807.